The molecule has 0 aromatic carbocycles. The van der Waals surface area contributed by atoms with E-state index in [1.807, 2.05) is 25.3 Å². The monoisotopic (exact) mass is 222 g/mol. The van der Waals surface area contributed by atoms with Crippen LogP contribution in [0.25, 0.3) is 10.9 Å². The Kier molecular flexibility index (Phi) is 1.81. The highest BCUT2D eigenvalue weighted by atomic mass is 79.9. The molecule has 0 unspecified atom stereocenters. The average Bonchev–Trinajstić information content (AvgIpc) is 2.07. The summed E-state index contributed by atoms with van der Waals surface area (Å²) in [6.07, 6.45) is 3.57. The van der Waals surface area contributed by atoms with E-state index in [0.29, 0.717) is 0 Å². The van der Waals surface area contributed by atoms with Crippen molar-refractivity contribution in [2.75, 3.05) is 0 Å². The molecular formula is C9H7BrN2. The first-order chi connectivity index (χ1) is 5.77. The van der Waals surface area contributed by atoms with Crippen LogP contribution in [0, 0.1) is 6.92 Å². The van der Waals surface area contributed by atoms with E-state index in [2.05, 4.69) is 25.9 Å². The summed E-state index contributed by atoms with van der Waals surface area (Å²) in [7, 11) is 0. The van der Waals surface area contributed by atoms with Crippen LogP contribution >= 0.6 is 15.9 Å². The molecule has 60 valence electrons. The zero-order valence-corrected chi connectivity index (χ0v) is 8.17. The Balaban J connectivity index is 2.88. The lowest BCUT2D eigenvalue weighted by molar-refractivity contribution is 1.23. The van der Waals surface area contributed by atoms with Crippen molar-refractivity contribution in [2.45, 2.75) is 6.92 Å². The van der Waals surface area contributed by atoms with Crippen LogP contribution in [0.2, 0.25) is 0 Å². The first kappa shape index (κ1) is 7.68. The normalized spacial score (nSPS) is 10.5. The van der Waals surface area contributed by atoms with E-state index >= 15 is 0 Å². The van der Waals surface area contributed by atoms with Crippen molar-refractivity contribution >= 4 is 26.8 Å². The third-order valence-electron chi connectivity index (χ3n) is 1.69. The van der Waals surface area contributed by atoms with Crippen molar-refractivity contribution in [1.82, 2.24) is 9.97 Å². The number of nitrogens with zero attached hydrogens (tertiary/aromatic N) is 2. The van der Waals surface area contributed by atoms with Gasteiger partial charge in [0.2, 0.25) is 0 Å². The lowest BCUT2D eigenvalue weighted by atomic mass is 10.2. The van der Waals surface area contributed by atoms with Gasteiger partial charge in [0.05, 0.1) is 9.99 Å². The van der Waals surface area contributed by atoms with Gasteiger partial charge in [0.15, 0.2) is 0 Å². The van der Waals surface area contributed by atoms with Crippen LogP contribution in [0.15, 0.2) is 29.0 Å². The standard InChI is InChI=1S/C9H7BrN2/c1-6-2-3-7-4-11-5-8(10)9(7)12-6/h2-5H,1H3. The van der Waals surface area contributed by atoms with E-state index in [0.717, 1.165) is 21.1 Å². The largest absolute Gasteiger partial charge is 0.263 e. The predicted octanol–water partition coefficient (Wildman–Crippen LogP) is 2.70. The van der Waals surface area contributed by atoms with Crippen LogP contribution in [0.1, 0.15) is 5.69 Å². The second-order valence-electron chi connectivity index (χ2n) is 2.65. The molecule has 0 saturated heterocycles. The third kappa shape index (κ3) is 1.20. The van der Waals surface area contributed by atoms with E-state index in [-0.39, 0.29) is 0 Å². The van der Waals surface area contributed by atoms with Crippen molar-refractivity contribution in [2.24, 2.45) is 0 Å². The van der Waals surface area contributed by atoms with Crippen LogP contribution in [-0.4, -0.2) is 9.97 Å². The highest BCUT2D eigenvalue weighted by Crippen LogP contribution is 2.20. The van der Waals surface area contributed by atoms with Crippen molar-refractivity contribution < 1.29 is 0 Å². The van der Waals surface area contributed by atoms with Crippen LogP contribution in [-0.2, 0) is 0 Å². The van der Waals surface area contributed by atoms with E-state index in [9.17, 15) is 0 Å². The van der Waals surface area contributed by atoms with Crippen molar-refractivity contribution in [3.05, 3.63) is 34.7 Å². The summed E-state index contributed by atoms with van der Waals surface area (Å²) in [4.78, 5) is 8.44. The fraction of sp³-hybridized carbons (Fsp3) is 0.111. The third-order valence-corrected chi connectivity index (χ3v) is 2.27. The molecule has 0 aliphatic rings. The SMILES string of the molecule is Cc1ccc2cncc(Br)c2n1. The first-order valence-electron chi connectivity index (χ1n) is 3.64. The number of halogens is 1. The number of rotatable bonds is 0. The summed E-state index contributed by atoms with van der Waals surface area (Å²) in [6.45, 7) is 1.98. The van der Waals surface area contributed by atoms with Gasteiger partial charge in [-0.15, -0.1) is 0 Å². The maximum Gasteiger partial charge on any atom is 0.0878 e. The maximum atomic E-state index is 4.39. The number of hydrogen-bond acceptors (Lipinski definition) is 2. The molecule has 0 spiro atoms. The summed E-state index contributed by atoms with van der Waals surface area (Å²) in [5.74, 6) is 0. The molecule has 2 aromatic heterocycles. The fourth-order valence-electron chi connectivity index (χ4n) is 1.11. The van der Waals surface area contributed by atoms with Crippen molar-refractivity contribution in [3.8, 4) is 0 Å². The molecule has 0 atom stereocenters. The van der Waals surface area contributed by atoms with Gasteiger partial charge in [-0.1, -0.05) is 0 Å². The fourth-order valence-corrected chi connectivity index (χ4v) is 1.54. The minimum atomic E-state index is 0.948. The molecule has 0 aliphatic carbocycles. The second-order valence-corrected chi connectivity index (χ2v) is 3.50. The minimum Gasteiger partial charge on any atom is -0.263 e. The Morgan fingerprint density at radius 3 is 2.92 bits per heavy atom. The summed E-state index contributed by atoms with van der Waals surface area (Å²) >= 11 is 3.41. The molecule has 0 bridgehead atoms. The number of aryl methyl sites for hydroxylation is 1. The number of aromatic nitrogens is 2. The molecule has 2 nitrogen and oxygen atoms in total. The van der Waals surface area contributed by atoms with Gasteiger partial charge in [-0.25, -0.2) is 0 Å². The molecule has 0 radical (unpaired) electrons. The molecule has 2 aromatic rings. The molecular weight excluding hydrogens is 216 g/mol. The Bertz CT molecular complexity index is 426. The first-order valence-corrected chi connectivity index (χ1v) is 4.43. The van der Waals surface area contributed by atoms with Crippen molar-refractivity contribution in [1.29, 1.82) is 0 Å². The molecule has 0 saturated carbocycles. The molecule has 12 heavy (non-hydrogen) atoms. The molecule has 2 rings (SSSR count). The summed E-state index contributed by atoms with van der Waals surface area (Å²) in [5, 5.41) is 1.06. The quantitative estimate of drug-likeness (QED) is 0.686. The van der Waals surface area contributed by atoms with Gasteiger partial charge < -0.3 is 0 Å². The number of fused-ring (bicyclic) bond motifs is 1. The molecule has 0 amide bonds. The van der Waals surface area contributed by atoms with E-state index < -0.39 is 0 Å². The van der Waals surface area contributed by atoms with Gasteiger partial charge in [-0.05, 0) is 35.0 Å². The summed E-state index contributed by atoms with van der Waals surface area (Å²) in [6, 6.07) is 4.01. The van der Waals surface area contributed by atoms with Gasteiger partial charge >= 0.3 is 0 Å². The van der Waals surface area contributed by atoms with Crippen LogP contribution in [0.3, 0.4) is 0 Å². The van der Waals surface area contributed by atoms with Crippen LogP contribution < -0.4 is 0 Å². The smallest absolute Gasteiger partial charge is 0.0878 e. The molecule has 0 N–H and O–H groups in total. The topological polar surface area (TPSA) is 25.8 Å². The average molecular weight is 223 g/mol. The summed E-state index contributed by atoms with van der Waals surface area (Å²) < 4.78 is 0.948. The minimum absolute atomic E-state index is 0.948. The Morgan fingerprint density at radius 2 is 2.08 bits per heavy atom. The Hall–Kier alpha value is -0.960. The van der Waals surface area contributed by atoms with E-state index in [1.54, 1.807) is 6.20 Å². The van der Waals surface area contributed by atoms with Gasteiger partial charge in [0, 0.05) is 23.5 Å². The maximum absolute atomic E-state index is 4.39. The second kappa shape index (κ2) is 2.83. The van der Waals surface area contributed by atoms with Gasteiger partial charge in [0.1, 0.15) is 0 Å². The molecule has 3 heteroatoms. The van der Waals surface area contributed by atoms with E-state index in [1.165, 1.54) is 0 Å². The predicted molar refractivity (Wildman–Crippen MR) is 52.0 cm³/mol. The van der Waals surface area contributed by atoms with Crippen LogP contribution in [0.4, 0.5) is 0 Å². The molecule has 0 aliphatic heterocycles. The van der Waals surface area contributed by atoms with Gasteiger partial charge in [-0.3, -0.25) is 9.97 Å². The van der Waals surface area contributed by atoms with Gasteiger partial charge in [0.25, 0.3) is 0 Å². The van der Waals surface area contributed by atoms with E-state index in [4.69, 9.17) is 0 Å². The highest BCUT2D eigenvalue weighted by Gasteiger charge is 1.98. The van der Waals surface area contributed by atoms with Crippen LogP contribution in [0.5, 0.6) is 0 Å². The Morgan fingerprint density at radius 1 is 1.25 bits per heavy atom. The molecule has 2 heterocycles. The molecule has 0 fully saturated rings. The zero-order chi connectivity index (χ0) is 8.55. The zero-order valence-electron chi connectivity index (χ0n) is 6.58. The number of pyridine rings is 2. The Labute approximate surface area is 78.8 Å². The highest BCUT2D eigenvalue weighted by molar-refractivity contribution is 9.10. The summed E-state index contributed by atoms with van der Waals surface area (Å²) in [5.41, 5.74) is 2.00. The lowest BCUT2D eigenvalue weighted by Crippen LogP contribution is -1.84. The lowest BCUT2D eigenvalue weighted by Gasteiger charge is -1.99. The van der Waals surface area contributed by atoms with Crippen molar-refractivity contribution in [3.63, 3.8) is 0 Å². The number of hydrogen-bond donors (Lipinski definition) is 0. The van der Waals surface area contributed by atoms with Gasteiger partial charge in [-0.2, -0.15) is 0 Å².